The molecule has 108 valence electrons. The van der Waals surface area contributed by atoms with Gasteiger partial charge in [-0.2, -0.15) is 10.2 Å². The van der Waals surface area contributed by atoms with Gasteiger partial charge in [0.1, 0.15) is 5.82 Å². The first-order chi connectivity index (χ1) is 10.3. The zero-order valence-electron chi connectivity index (χ0n) is 11.4. The second-order valence-electron chi connectivity index (χ2n) is 4.73. The summed E-state index contributed by atoms with van der Waals surface area (Å²) >= 11 is 0. The van der Waals surface area contributed by atoms with Gasteiger partial charge in [-0.15, -0.1) is 0 Å². The highest BCUT2D eigenvalue weighted by molar-refractivity contribution is 5.59. The van der Waals surface area contributed by atoms with Crippen molar-refractivity contribution in [3.63, 3.8) is 0 Å². The Labute approximate surface area is 121 Å². The smallest absolute Gasteiger partial charge is 0.128 e. The largest absolute Gasteiger partial charge is 0.394 e. The second kappa shape index (κ2) is 5.88. The van der Waals surface area contributed by atoms with Crippen LogP contribution in [0, 0.1) is 5.82 Å². The minimum atomic E-state index is -0.231. The van der Waals surface area contributed by atoms with E-state index in [0.717, 1.165) is 11.1 Å². The number of aliphatic hydroxyl groups excluding tert-OH is 1. The quantitative estimate of drug-likeness (QED) is 0.779. The number of aromatic nitrogens is 4. The summed E-state index contributed by atoms with van der Waals surface area (Å²) in [6.07, 6.45) is 7.15. The van der Waals surface area contributed by atoms with Crippen LogP contribution in [0.1, 0.15) is 5.56 Å². The summed E-state index contributed by atoms with van der Waals surface area (Å²) in [4.78, 5) is 0. The van der Waals surface area contributed by atoms with Gasteiger partial charge in [-0.3, -0.25) is 9.36 Å². The van der Waals surface area contributed by atoms with E-state index in [2.05, 4.69) is 10.2 Å². The maximum absolute atomic E-state index is 13.6. The molecule has 0 radical (unpaired) electrons. The van der Waals surface area contributed by atoms with Crippen molar-refractivity contribution in [1.82, 2.24) is 19.6 Å². The molecule has 21 heavy (non-hydrogen) atoms. The number of aliphatic hydroxyl groups is 1. The minimum Gasteiger partial charge on any atom is -0.394 e. The maximum Gasteiger partial charge on any atom is 0.128 e. The third-order valence-corrected chi connectivity index (χ3v) is 3.22. The second-order valence-corrected chi connectivity index (χ2v) is 4.73. The van der Waals surface area contributed by atoms with Gasteiger partial charge < -0.3 is 5.11 Å². The van der Waals surface area contributed by atoms with Gasteiger partial charge in [-0.1, -0.05) is 18.2 Å². The van der Waals surface area contributed by atoms with Crippen molar-refractivity contribution >= 4 is 0 Å². The van der Waals surface area contributed by atoms with Crippen LogP contribution in [0.3, 0.4) is 0 Å². The van der Waals surface area contributed by atoms with Crippen molar-refractivity contribution in [3.05, 3.63) is 60.4 Å². The molecule has 0 bridgehead atoms. The first-order valence-corrected chi connectivity index (χ1v) is 6.66. The molecule has 0 aliphatic carbocycles. The summed E-state index contributed by atoms with van der Waals surface area (Å²) in [6, 6.07) is 6.67. The molecule has 0 aliphatic rings. The van der Waals surface area contributed by atoms with Gasteiger partial charge in [-0.05, 0) is 6.07 Å². The molecule has 0 amide bonds. The molecule has 3 aromatic rings. The van der Waals surface area contributed by atoms with E-state index in [1.807, 2.05) is 18.5 Å². The molecule has 0 unspecified atom stereocenters. The highest BCUT2D eigenvalue weighted by Crippen LogP contribution is 2.18. The molecule has 0 saturated heterocycles. The topological polar surface area (TPSA) is 55.9 Å². The van der Waals surface area contributed by atoms with Gasteiger partial charge >= 0.3 is 0 Å². The average molecular weight is 286 g/mol. The van der Waals surface area contributed by atoms with E-state index in [1.165, 1.54) is 6.07 Å². The molecule has 1 aromatic carbocycles. The zero-order valence-corrected chi connectivity index (χ0v) is 11.4. The van der Waals surface area contributed by atoms with Crippen molar-refractivity contribution < 1.29 is 9.50 Å². The fourth-order valence-electron chi connectivity index (χ4n) is 2.14. The summed E-state index contributed by atoms with van der Waals surface area (Å²) < 4.78 is 17.0. The van der Waals surface area contributed by atoms with E-state index < -0.39 is 0 Å². The van der Waals surface area contributed by atoms with E-state index in [9.17, 15) is 4.39 Å². The van der Waals surface area contributed by atoms with Crippen LogP contribution in [-0.4, -0.2) is 31.3 Å². The number of hydrogen-bond acceptors (Lipinski definition) is 3. The Balaban J connectivity index is 1.78. The van der Waals surface area contributed by atoms with Gasteiger partial charge in [-0.25, -0.2) is 4.39 Å². The average Bonchev–Trinajstić information content (AvgIpc) is 3.11. The Morgan fingerprint density at radius 1 is 1.00 bits per heavy atom. The van der Waals surface area contributed by atoms with Crippen LogP contribution in [-0.2, 0) is 13.1 Å². The molecule has 0 fully saturated rings. The fraction of sp³-hybridized carbons (Fsp3) is 0.200. The Bertz CT molecular complexity index is 735. The first-order valence-electron chi connectivity index (χ1n) is 6.66. The van der Waals surface area contributed by atoms with Gasteiger partial charge in [0.25, 0.3) is 0 Å². The molecule has 0 saturated carbocycles. The number of rotatable bonds is 5. The molecule has 1 N–H and O–H groups in total. The molecule has 3 rings (SSSR count). The van der Waals surface area contributed by atoms with E-state index >= 15 is 0 Å². The SMILES string of the molecule is OCCn1cc(-c2cnn(Cc3ccccc3F)c2)cn1. The van der Waals surface area contributed by atoms with Crippen LogP contribution in [0.4, 0.5) is 4.39 Å². The molecule has 0 aliphatic heterocycles. The van der Waals surface area contributed by atoms with Crippen molar-refractivity contribution in [2.45, 2.75) is 13.1 Å². The number of halogens is 1. The Hall–Kier alpha value is -2.47. The number of benzene rings is 1. The standard InChI is InChI=1S/C15H15FN4O/c16-15-4-2-1-3-12(15)9-20-11-14(8-18-20)13-7-17-19(10-13)5-6-21/h1-4,7-8,10-11,21H,5-6,9H2. The van der Waals surface area contributed by atoms with E-state index in [1.54, 1.807) is 33.9 Å². The molecule has 6 heteroatoms. The van der Waals surface area contributed by atoms with Crippen LogP contribution in [0.2, 0.25) is 0 Å². The lowest BCUT2D eigenvalue weighted by atomic mass is 10.2. The highest BCUT2D eigenvalue weighted by Gasteiger charge is 2.07. The Kier molecular flexibility index (Phi) is 3.79. The fourth-order valence-corrected chi connectivity index (χ4v) is 2.14. The molecule has 0 spiro atoms. The zero-order chi connectivity index (χ0) is 14.7. The third kappa shape index (κ3) is 3.00. The molecule has 5 nitrogen and oxygen atoms in total. The van der Waals surface area contributed by atoms with Crippen LogP contribution >= 0.6 is 0 Å². The predicted octanol–water partition coefficient (Wildman–Crippen LogP) is 1.93. The third-order valence-electron chi connectivity index (χ3n) is 3.22. The van der Waals surface area contributed by atoms with Crippen LogP contribution in [0.25, 0.3) is 11.1 Å². The predicted molar refractivity (Wildman–Crippen MR) is 76.0 cm³/mol. The lowest BCUT2D eigenvalue weighted by molar-refractivity contribution is 0.269. The summed E-state index contributed by atoms with van der Waals surface area (Å²) in [6.45, 7) is 0.897. The van der Waals surface area contributed by atoms with Crippen LogP contribution in [0.5, 0.6) is 0 Å². The lowest BCUT2D eigenvalue weighted by Gasteiger charge is -2.02. The maximum atomic E-state index is 13.6. The molecule has 0 atom stereocenters. The van der Waals surface area contributed by atoms with E-state index in [-0.39, 0.29) is 12.4 Å². The van der Waals surface area contributed by atoms with Crippen molar-refractivity contribution in [3.8, 4) is 11.1 Å². The van der Waals surface area contributed by atoms with Gasteiger partial charge in [0.05, 0.1) is 32.1 Å². The van der Waals surface area contributed by atoms with Crippen LogP contribution in [0.15, 0.2) is 49.1 Å². The summed E-state index contributed by atoms with van der Waals surface area (Å²) in [5, 5.41) is 17.3. The Morgan fingerprint density at radius 2 is 1.67 bits per heavy atom. The van der Waals surface area contributed by atoms with Crippen molar-refractivity contribution in [2.24, 2.45) is 0 Å². The summed E-state index contributed by atoms with van der Waals surface area (Å²) in [7, 11) is 0. The normalized spacial score (nSPS) is 11.0. The van der Waals surface area contributed by atoms with Gasteiger partial charge in [0.15, 0.2) is 0 Å². The molecular weight excluding hydrogens is 271 g/mol. The number of hydrogen-bond donors (Lipinski definition) is 1. The molecule has 2 aromatic heterocycles. The monoisotopic (exact) mass is 286 g/mol. The van der Waals surface area contributed by atoms with Gasteiger partial charge in [0, 0.05) is 29.1 Å². The van der Waals surface area contributed by atoms with Crippen LogP contribution < -0.4 is 0 Å². The molecule has 2 heterocycles. The van der Waals surface area contributed by atoms with E-state index in [4.69, 9.17) is 5.11 Å². The van der Waals surface area contributed by atoms with Crippen molar-refractivity contribution in [2.75, 3.05) is 6.61 Å². The highest BCUT2D eigenvalue weighted by atomic mass is 19.1. The lowest BCUT2D eigenvalue weighted by Crippen LogP contribution is -2.01. The van der Waals surface area contributed by atoms with Gasteiger partial charge in [0.2, 0.25) is 0 Å². The first kappa shape index (κ1) is 13.5. The Morgan fingerprint density at radius 3 is 2.38 bits per heavy atom. The van der Waals surface area contributed by atoms with Crippen molar-refractivity contribution in [1.29, 1.82) is 0 Å². The number of nitrogens with zero attached hydrogens (tertiary/aromatic N) is 4. The van der Waals surface area contributed by atoms with E-state index in [0.29, 0.717) is 18.7 Å². The summed E-state index contributed by atoms with van der Waals surface area (Å²) in [5.41, 5.74) is 2.43. The summed E-state index contributed by atoms with van der Waals surface area (Å²) in [5.74, 6) is -0.231. The minimum absolute atomic E-state index is 0.0493. The molecular formula is C15H15FN4O.